The number of amides is 1. The molecule has 0 aliphatic heterocycles. The molecule has 0 fully saturated rings. The highest BCUT2D eigenvalue weighted by molar-refractivity contribution is 5.94. The summed E-state index contributed by atoms with van der Waals surface area (Å²) in [5, 5.41) is 2.89. The molecular weight excluding hydrogens is 250 g/mol. The number of nitrogen functional groups attached to an aromatic ring is 1. The molecule has 2 aromatic rings. The summed E-state index contributed by atoms with van der Waals surface area (Å²) in [7, 11) is 0. The highest BCUT2D eigenvalue weighted by Crippen LogP contribution is 2.13. The highest BCUT2D eigenvalue weighted by Gasteiger charge is 2.08. The monoisotopic (exact) mass is 269 g/mol. The van der Waals surface area contributed by atoms with E-state index in [1.165, 1.54) is 0 Å². The smallest absolute Gasteiger partial charge is 0.251 e. The molecule has 0 unspecified atom stereocenters. The maximum Gasteiger partial charge on any atom is 0.251 e. The summed E-state index contributed by atoms with van der Waals surface area (Å²) >= 11 is 0. The quantitative estimate of drug-likeness (QED) is 0.838. The van der Waals surface area contributed by atoms with Gasteiger partial charge < -0.3 is 11.1 Å². The molecule has 4 nitrogen and oxygen atoms in total. The number of aryl methyl sites for hydroxylation is 2. The van der Waals surface area contributed by atoms with Crippen LogP contribution >= 0.6 is 0 Å². The Hall–Kier alpha value is -2.36. The molecule has 1 amide bonds. The van der Waals surface area contributed by atoms with Crippen molar-refractivity contribution >= 4 is 11.6 Å². The molecule has 0 atom stereocenters. The molecule has 4 heteroatoms. The normalized spacial score (nSPS) is 10.3. The molecule has 0 aliphatic rings. The number of nitrogens with one attached hydrogen (secondary N) is 1. The zero-order valence-electron chi connectivity index (χ0n) is 11.8. The minimum atomic E-state index is -0.110. The summed E-state index contributed by atoms with van der Waals surface area (Å²) in [6, 6.07) is 9.22. The van der Waals surface area contributed by atoms with Crippen molar-refractivity contribution in [2.24, 2.45) is 0 Å². The number of pyridine rings is 1. The molecule has 0 aliphatic carbocycles. The van der Waals surface area contributed by atoms with Crippen LogP contribution in [0.25, 0.3) is 0 Å². The first-order valence-electron chi connectivity index (χ1n) is 6.69. The number of aromatic nitrogens is 1. The van der Waals surface area contributed by atoms with Gasteiger partial charge in [-0.3, -0.25) is 9.78 Å². The van der Waals surface area contributed by atoms with E-state index in [9.17, 15) is 4.79 Å². The van der Waals surface area contributed by atoms with Gasteiger partial charge >= 0.3 is 0 Å². The molecule has 1 aromatic heterocycles. The molecular formula is C16H19N3O. The van der Waals surface area contributed by atoms with Crippen LogP contribution in [-0.2, 0) is 13.0 Å². The van der Waals surface area contributed by atoms with Crippen molar-refractivity contribution in [3.8, 4) is 0 Å². The molecule has 0 radical (unpaired) electrons. The van der Waals surface area contributed by atoms with Crippen LogP contribution in [0.5, 0.6) is 0 Å². The standard InChI is InChI=1S/C16H19N3O/c1-3-12-5-4-8-18-15(12)10-19-16(20)13-6-7-14(17)11(2)9-13/h4-9H,3,10,17H2,1-2H3,(H,19,20). The van der Waals surface area contributed by atoms with Crippen LogP contribution in [0.1, 0.15) is 34.1 Å². The van der Waals surface area contributed by atoms with E-state index < -0.39 is 0 Å². The number of nitrogens with zero attached hydrogens (tertiary/aromatic N) is 1. The summed E-state index contributed by atoms with van der Waals surface area (Å²) < 4.78 is 0. The van der Waals surface area contributed by atoms with E-state index >= 15 is 0 Å². The number of anilines is 1. The van der Waals surface area contributed by atoms with Crippen molar-refractivity contribution in [1.29, 1.82) is 0 Å². The third-order valence-electron chi connectivity index (χ3n) is 3.31. The average Bonchev–Trinajstić information content (AvgIpc) is 2.47. The lowest BCUT2D eigenvalue weighted by Gasteiger charge is -2.09. The number of carbonyl (C=O) groups excluding carboxylic acids is 1. The fourth-order valence-corrected chi connectivity index (χ4v) is 2.04. The predicted octanol–water partition coefficient (Wildman–Crippen LogP) is 2.46. The zero-order chi connectivity index (χ0) is 14.5. The number of nitrogens with two attached hydrogens (primary N) is 1. The van der Waals surface area contributed by atoms with E-state index in [0.29, 0.717) is 17.8 Å². The van der Waals surface area contributed by atoms with Crippen LogP contribution in [0.3, 0.4) is 0 Å². The van der Waals surface area contributed by atoms with Crippen molar-refractivity contribution in [1.82, 2.24) is 10.3 Å². The molecule has 1 heterocycles. The van der Waals surface area contributed by atoms with Crippen LogP contribution in [0.4, 0.5) is 5.69 Å². The van der Waals surface area contributed by atoms with Crippen LogP contribution in [0, 0.1) is 6.92 Å². The van der Waals surface area contributed by atoms with Gasteiger partial charge in [-0.15, -0.1) is 0 Å². The second-order valence-electron chi connectivity index (χ2n) is 4.72. The molecule has 0 spiro atoms. The van der Waals surface area contributed by atoms with E-state index in [1.807, 2.05) is 19.1 Å². The maximum absolute atomic E-state index is 12.1. The van der Waals surface area contributed by atoms with Gasteiger partial charge in [0.2, 0.25) is 0 Å². The Labute approximate surface area is 119 Å². The Morgan fingerprint density at radius 1 is 1.35 bits per heavy atom. The Bertz CT molecular complexity index is 623. The lowest BCUT2D eigenvalue weighted by molar-refractivity contribution is 0.0950. The topological polar surface area (TPSA) is 68.0 Å². The highest BCUT2D eigenvalue weighted by atomic mass is 16.1. The molecule has 104 valence electrons. The SMILES string of the molecule is CCc1cccnc1CNC(=O)c1ccc(N)c(C)c1. The molecule has 2 rings (SSSR count). The second-order valence-corrected chi connectivity index (χ2v) is 4.72. The number of benzene rings is 1. The summed E-state index contributed by atoms with van der Waals surface area (Å²) in [6.07, 6.45) is 2.65. The molecule has 0 saturated heterocycles. The molecule has 20 heavy (non-hydrogen) atoms. The first kappa shape index (κ1) is 14.1. The largest absolute Gasteiger partial charge is 0.399 e. The first-order valence-corrected chi connectivity index (χ1v) is 6.69. The fourth-order valence-electron chi connectivity index (χ4n) is 2.04. The number of hydrogen-bond donors (Lipinski definition) is 2. The molecule has 3 N–H and O–H groups in total. The zero-order valence-corrected chi connectivity index (χ0v) is 11.8. The summed E-state index contributed by atoms with van der Waals surface area (Å²) in [6.45, 7) is 4.40. The number of carbonyl (C=O) groups is 1. The van der Waals surface area contributed by atoms with E-state index in [0.717, 1.165) is 23.2 Å². The Kier molecular flexibility index (Phi) is 4.35. The predicted molar refractivity (Wildman–Crippen MR) is 80.4 cm³/mol. The molecule has 0 bridgehead atoms. The third kappa shape index (κ3) is 3.15. The van der Waals surface area contributed by atoms with E-state index in [2.05, 4.69) is 17.2 Å². The van der Waals surface area contributed by atoms with Crippen molar-refractivity contribution in [2.45, 2.75) is 26.8 Å². The van der Waals surface area contributed by atoms with Crippen LogP contribution in [0.15, 0.2) is 36.5 Å². The number of hydrogen-bond acceptors (Lipinski definition) is 3. The Morgan fingerprint density at radius 3 is 2.85 bits per heavy atom. The summed E-state index contributed by atoms with van der Waals surface area (Å²) in [5.41, 5.74) is 10.0. The fraction of sp³-hybridized carbons (Fsp3) is 0.250. The maximum atomic E-state index is 12.1. The Morgan fingerprint density at radius 2 is 2.15 bits per heavy atom. The van der Waals surface area contributed by atoms with Gasteiger partial charge in [0.05, 0.1) is 12.2 Å². The first-order chi connectivity index (χ1) is 9.61. The average molecular weight is 269 g/mol. The van der Waals surface area contributed by atoms with Gasteiger partial charge in [0, 0.05) is 17.4 Å². The van der Waals surface area contributed by atoms with Gasteiger partial charge in [0.15, 0.2) is 0 Å². The van der Waals surface area contributed by atoms with Gasteiger partial charge in [-0.25, -0.2) is 0 Å². The molecule has 1 aromatic carbocycles. The minimum absolute atomic E-state index is 0.110. The van der Waals surface area contributed by atoms with E-state index in [-0.39, 0.29) is 5.91 Å². The van der Waals surface area contributed by atoms with Crippen LogP contribution in [0.2, 0.25) is 0 Å². The third-order valence-corrected chi connectivity index (χ3v) is 3.31. The van der Waals surface area contributed by atoms with Gasteiger partial charge in [0.25, 0.3) is 5.91 Å². The van der Waals surface area contributed by atoms with Gasteiger partial charge in [-0.1, -0.05) is 13.0 Å². The van der Waals surface area contributed by atoms with Crippen molar-refractivity contribution in [3.05, 3.63) is 58.9 Å². The van der Waals surface area contributed by atoms with E-state index in [4.69, 9.17) is 5.73 Å². The van der Waals surface area contributed by atoms with Crippen molar-refractivity contribution < 1.29 is 4.79 Å². The van der Waals surface area contributed by atoms with Crippen LogP contribution < -0.4 is 11.1 Å². The summed E-state index contributed by atoms with van der Waals surface area (Å²) in [4.78, 5) is 16.4. The number of rotatable bonds is 4. The lowest BCUT2D eigenvalue weighted by atomic mass is 10.1. The second kappa shape index (κ2) is 6.19. The van der Waals surface area contributed by atoms with Crippen molar-refractivity contribution in [2.75, 3.05) is 5.73 Å². The van der Waals surface area contributed by atoms with Gasteiger partial charge in [-0.2, -0.15) is 0 Å². The van der Waals surface area contributed by atoms with Crippen molar-refractivity contribution in [3.63, 3.8) is 0 Å². The summed E-state index contributed by atoms with van der Waals surface area (Å²) in [5.74, 6) is -0.110. The Balaban J connectivity index is 2.06. The lowest BCUT2D eigenvalue weighted by Crippen LogP contribution is -2.24. The van der Waals surface area contributed by atoms with E-state index in [1.54, 1.807) is 24.4 Å². The minimum Gasteiger partial charge on any atom is -0.399 e. The molecule has 0 saturated carbocycles. The van der Waals surface area contributed by atoms with Gasteiger partial charge in [-0.05, 0) is 48.7 Å². The van der Waals surface area contributed by atoms with Crippen LogP contribution in [-0.4, -0.2) is 10.9 Å². The van der Waals surface area contributed by atoms with Gasteiger partial charge in [0.1, 0.15) is 0 Å².